The van der Waals surface area contributed by atoms with Gasteiger partial charge in [-0.25, -0.2) is 0 Å². The summed E-state index contributed by atoms with van der Waals surface area (Å²) in [6, 6.07) is 7.76. The molecule has 0 spiro atoms. The van der Waals surface area contributed by atoms with Crippen molar-refractivity contribution in [3.05, 3.63) is 47.3 Å². The van der Waals surface area contributed by atoms with Crippen LogP contribution in [0.4, 0.5) is 0 Å². The molecule has 0 N–H and O–H groups in total. The van der Waals surface area contributed by atoms with Crippen molar-refractivity contribution in [2.75, 3.05) is 26.2 Å². The molecule has 0 bridgehead atoms. The molecular weight excluding hydrogens is 260 g/mol. The molecule has 3 heteroatoms. The summed E-state index contributed by atoms with van der Waals surface area (Å²) in [5, 5.41) is 0. The molecule has 116 valence electrons. The lowest BCUT2D eigenvalue weighted by Gasteiger charge is -2.33. The van der Waals surface area contributed by atoms with Crippen molar-refractivity contribution in [1.82, 2.24) is 9.80 Å². The number of carbonyl (C=O) groups excluding carboxylic acids is 1. The van der Waals surface area contributed by atoms with E-state index in [1.54, 1.807) is 6.08 Å². The molecular formula is C18H28N2O. The van der Waals surface area contributed by atoms with E-state index >= 15 is 0 Å². The van der Waals surface area contributed by atoms with Crippen LogP contribution in [0.2, 0.25) is 0 Å². The largest absolute Gasteiger partial charge is 0.359 e. The van der Waals surface area contributed by atoms with Gasteiger partial charge in [0.1, 0.15) is 5.82 Å². The summed E-state index contributed by atoms with van der Waals surface area (Å²) in [4.78, 5) is 17.1. The molecule has 0 saturated carbocycles. The van der Waals surface area contributed by atoms with Crippen LogP contribution in [0.3, 0.4) is 0 Å². The molecule has 0 aliphatic rings. The van der Waals surface area contributed by atoms with Gasteiger partial charge in [-0.3, -0.25) is 4.79 Å². The SMILES string of the molecule is CCN(CC)C(=CC(=O)c1ccccc1C)N(CC)CC. The van der Waals surface area contributed by atoms with Crippen LogP contribution in [0.5, 0.6) is 0 Å². The maximum atomic E-state index is 12.6. The summed E-state index contributed by atoms with van der Waals surface area (Å²) >= 11 is 0. The normalized spacial score (nSPS) is 10.1. The second-order valence-electron chi connectivity index (χ2n) is 5.03. The minimum Gasteiger partial charge on any atom is -0.359 e. The number of nitrogens with zero attached hydrogens (tertiary/aromatic N) is 2. The monoisotopic (exact) mass is 288 g/mol. The van der Waals surface area contributed by atoms with Gasteiger partial charge in [0.25, 0.3) is 0 Å². The molecule has 1 aromatic carbocycles. The predicted molar refractivity (Wildman–Crippen MR) is 89.4 cm³/mol. The Hall–Kier alpha value is -1.77. The lowest BCUT2D eigenvalue weighted by Crippen LogP contribution is -2.36. The number of hydrogen-bond acceptors (Lipinski definition) is 3. The highest BCUT2D eigenvalue weighted by molar-refractivity contribution is 6.05. The summed E-state index contributed by atoms with van der Waals surface area (Å²) in [6.45, 7) is 14.1. The van der Waals surface area contributed by atoms with Crippen LogP contribution in [0.25, 0.3) is 0 Å². The van der Waals surface area contributed by atoms with Crippen molar-refractivity contribution < 1.29 is 4.79 Å². The first kappa shape index (κ1) is 17.3. The molecule has 0 fully saturated rings. The Morgan fingerprint density at radius 1 is 0.952 bits per heavy atom. The second-order valence-corrected chi connectivity index (χ2v) is 5.03. The lowest BCUT2D eigenvalue weighted by atomic mass is 10.0. The van der Waals surface area contributed by atoms with E-state index in [0.29, 0.717) is 0 Å². The molecule has 0 aliphatic heterocycles. The summed E-state index contributed by atoms with van der Waals surface area (Å²) in [5.74, 6) is 1.11. The van der Waals surface area contributed by atoms with Gasteiger partial charge in [0.2, 0.25) is 0 Å². The van der Waals surface area contributed by atoms with Crippen LogP contribution >= 0.6 is 0 Å². The van der Waals surface area contributed by atoms with Crippen molar-refractivity contribution >= 4 is 5.78 Å². The summed E-state index contributed by atoms with van der Waals surface area (Å²) in [7, 11) is 0. The zero-order valence-electron chi connectivity index (χ0n) is 14.0. The minimum atomic E-state index is 0.0851. The van der Waals surface area contributed by atoms with E-state index in [0.717, 1.165) is 43.1 Å². The Morgan fingerprint density at radius 3 is 1.86 bits per heavy atom. The van der Waals surface area contributed by atoms with E-state index in [9.17, 15) is 4.79 Å². The highest BCUT2D eigenvalue weighted by Crippen LogP contribution is 2.14. The summed E-state index contributed by atoms with van der Waals surface area (Å²) in [5.41, 5.74) is 1.81. The molecule has 21 heavy (non-hydrogen) atoms. The quantitative estimate of drug-likeness (QED) is 0.538. The third kappa shape index (κ3) is 4.35. The van der Waals surface area contributed by atoms with Gasteiger partial charge in [0.05, 0.1) is 0 Å². The maximum Gasteiger partial charge on any atom is 0.189 e. The van der Waals surface area contributed by atoms with Crippen LogP contribution < -0.4 is 0 Å². The summed E-state index contributed by atoms with van der Waals surface area (Å²) in [6.07, 6.45) is 1.79. The molecule has 0 radical (unpaired) electrons. The van der Waals surface area contributed by atoms with Crippen LogP contribution in [0.1, 0.15) is 43.6 Å². The first-order valence-corrected chi connectivity index (χ1v) is 7.90. The average Bonchev–Trinajstić information content (AvgIpc) is 2.49. The fraction of sp³-hybridized carbons (Fsp3) is 0.500. The van der Waals surface area contributed by atoms with Gasteiger partial charge in [-0.1, -0.05) is 24.3 Å². The zero-order chi connectivity index (χ0) is 15.8. The van der Waals surface area contributed by atoms with Gasteiger partial charge in [-0.05, 0) is 40.2 Å². The van der Waals surface area contributed by atoms with E-state index in [-0.39, 0.29) is 5.78 Å². The van der Waals surface area contributed by atoms with Crippen molar-refractivity contribution in [1.29, 1.82) is 0 Å². The molecule has 0 heterocycles. The zero-order valence-corrected chi connectivity index (χ0v) is 14.0. The van der Waals surface area contributed by atoms with E-state index < -0.39 is 0 Å². The molecule has 1 rings (SSSR count). The number of rotatable bonds is 8. The van der Waals surface area contributed by atoms with E-state index in [4.69, 9.17) is 0 Å². The Morgan fingerprint density at radius 2 is 1.43 bits per heavy atom. The van der Waals surface area contributed by atoms with Gasteiger partial charge < -0.3 is 9.80 Å². The number of allylic oxidation sites excluding steroid dienone is 1. The maximum absolute atomic E-state index is 12.6. The lowest BCUT2D eigenvalue weighted by molar-refractivity contribution is 0.103. The smallest absolute Gasteiger partial charge is 0.189 e. The van der Waals surface area contributed by atoms with E-state index in [2.05, 4.69) is 37.5 Å². The third-order valence-electron chi connectivity index (χ3n) is 3.85. The highest BCUT2D eigenvalue weighted by Gasteiger charge is 2.15. The van der Waals surface area contributed by atoms with Gasteiger partial charge in [0.15, 0.2) is 5.78 Å². The number of aryl methyl sites for hydroxylation is 1. The first-order chi connectivity index (χ1) is 10.1. The molecule has 0 saturated heterocycles. The number of hydrogen-bond donors (Lipinski definition) is 0. The number of ketones is 1. The fourth-order valence-electron chi connectivity index (χ4n) is 2.52. The topological polar surface area (TPSA) is 23.6 Å². The predicted octanol–water partition coefficient (Wildman–Crippen LogP) is 3.70. The van der Waals surface area contributed by atoms with Crippen LogP contribution in [-0.4, -0.2) is 41.8 Å². The van der Waals surface area contributed by atoms with Crippen molar-refractivity contribution in [2.45, 2.75) is 34.6 Å². The van der Waals surface area contributed by atoms with Gasteiger partial charge in [0, 0.05) is 37.8 Å². The van der Waals surface area contributed by atoms with Gasteiger partial charge in [-0.2, -0.15) is 0 Å². The van der Waals surface area contributed by atoms with Crippen LogP contribution in [0.15, 0.2) is 36.2 Å². The molecule has 3 nitrogen and oxygen atoms in total. The van der Waals surface area contributed by atoms with Crippen molar-refractivity contribution in [3.8, 4) is 0 Å². The highest BCUT2D eigenvalue weighted by atomic mass is 16.1. The van der Waals surface area contributed by atoms with E-state index in [1.165, 1.54) is 0 Å². The Labute approximate surface area is 129 Å². The molecule has 0 atom stereocenters. The van der Waals surface area contributed by atoms with Crippen molar-refractivity contribution in [2.24, 2.45) is 0 Å². The number of carbonyl (C=O) groups is 1. The molecule has 0 amide bonds. The van der Waals surface area contributed by atoms with Crippen LogP contribution in [-0.2, 0) is 0 Å². The Kier molecular flexibility index (Phi) is 7.00. The van der Waals surface area contributed by atoms with Crippen molar-refractivity contribution in [3.63, 3.8) is 0 Å². The average molecular weight is 288 g/mol. The molecule has 0 unspecified atom stereocenters. The first-order valence-electron chi connectivity index (χ1n) is 7.90. The van der Waals surface area contributed by atoms with Gasteiger partial charge >= 0.3 is 0 Å². The standard InChI is InChI=1S/C18H28N2O/c1-6-19(7-2)18(20(8-3)9-4)14-17(21)16-13-11-10-12-15(16)5/h10-14H,6-9H2,1-5H3. The summed E-state index contributed by atoms with van der Waals surface area (Å²) < 4.78 is 0. The van der Waals surface area contributed by atoms with E-state index in [1.807, 2.05) is 31.2 Å². The molecule has 1 aromatic rings. The number of benzene rings is 1. The second kappa shape index (κ2) is 8.50. The molecule has 0 aliphatic carbocycles. The van der Waals surface area contributed by atoms with Crippen LogP contribution in [0, 0.1) is 6.92 Å². The fourth-order valence-corrected chi connectivity index (χ4v) is 2.52. The minimum absolute atomic E-state index is 0.0851. The van der Waals surface area contributed by atoms with Gasteiger partial charge in [-0.15, -0.1) is 0 Å². The Bertz CT molecular complexity index is 472. The third-order valence-corrected chi connectivity index (χ3v) is 3.85. The Balaban J connectivity index is 3.18. The molecule has 0 aromatic heterocycles.